The average molecular weight is 346 g/mol. The van der Waals surface area contributed by atoms with Crippen molar-refractivity contribution in [1.82, 2.24) is 0 Å². The van der Waals surface area contributed by atoms with Crippen LogP contribution < -0.4 is 10.5 Å². The van der Waals surface area contributed by atoms with Gasteiger partial charge in [0.2, 0.25) is 5.88 Å². The minimum atomic E-state index is -0.430. The Hall–Kier alpha value is -2.30. The number of carbonyl (C=O) groups is 1. The van der Waals surface area contributed by atoms with Gasteiger partial charge in [-0.3, -0.25) is 0 Å². The largest absolute Gasteiger partial charge is 0.462 e. The van der Waals surface area contributed by atoms with E-state index in [1.165, 1.54) is 11.3 Å². The first-order valence-electron chi connectivity index (χ1n) is 6.99. The van der Waals surface area contributed by atoms with Crippen molar-refractivity contribution >= 4 is 28.6 Å². The molecule has 1 unspecified atom stereocenters. The van der Waals surface area contributed by atoms with Gasteiger partial charge in [-0.25, -0.2) is 4.79 Å². The first-order chi connectivity index (χ1) is 11.1. The molecular weight excluding hydrogens is 332 g/mol. The summed E-state index contributed by atoms with van der Waals surface area (Å²) in [4.78, 5) is 14.8. The van der Waals surface area contributed by atoms with Crippen LogP contribution in [0.15, 0.2) is 29.0 Å². The Balaban J connectivity index is 2.19. The van der Waals surface area contributed by atoms with Crippen LogP contribution in [0.3, 0.4) is 0 Å². The zero-order valence-electron chi connectivity index (χ0n) is 12.6. The number of carbonyl (C=O) groups excluding carboxylic acids is 1. The molecule has 2 aromatic rings. The number of thiophene rings is 2. The Bertz CT molecular complexity index is 828. The summed E-state index contributed by atoms with van der Waals surface area (Å²) in [6.45, 7) is 3.88. The van der Waals surface area contributed by atoms with E-state index in [2.05, 4.69) is 6.07 Å². The predicted octanol–water partition coefficient (Wildman–Crippen LogP) is 3.51. The van der Waals surface area contributed by atoms with Crippen molar-refractivity contribution in [2.75, 3.05) is 6.61 Å². The first kappa shape index (κ1) is 15.6. The van der Waals surface area contributed by atoms with E-state index in [1.807, 2.05) is 24.4 Å². The maximum absolute atomic E-state index is 12.2. The normalized spacial score (nSPS) is 16.5. The topological polar surface area (TPSA) is 85.3 Å². The van der Waals surface area contributed by atoms with Gasteiger partial charge in [0.25, 0.3) is 0 Å². The van der Waals surface area contributed by atoms with Crippen LogP contribution in [0.25, 0.3) is 0 Å². The highest BCUT2D eigenvalue weighted by Crippen LogP contribution is 2.50. The number of hydrogen-bond donors (Lipinski definition) is 1. The summed E-state index contributed by atoms with van der Waals surface area (Å²) in [5.41, 5.74) is 6.71. The van der Waals surface area contributed by atoms with E-state index in [0.717, 1.165) is 14.6 Å². The molecule has 5 nitrogen and oxygen atoms in total. The van der Waals surface area contributed by atoms with Crippen molar-refractivity contribution in [3.63, 3.8) is 0 Å². The van der Waals surface area contributed by atoms with E-state index in [9.17, 15) is 10.1 Å². The quantitative estimate of drug-likeness (QED) is 0.860. The lowest BCUT2D eigenvalue weighted by atomic mass is 9.93. The SMILES string of the molecule is CCOC(=O)c1c(C)sc2c1OC(N)=C(C#N)C2c1cccs1. The maximum atomic E-state index is 12.2. The second-order valence-electron chi connectivity index (χ2n) is 4.89. The van der Waals surface area contributed by atoms with Gasteiger partial charge in [-0.1, -0.05) is 6.07 Å². The summed E-state index contributed by atoms with van der Waals surface area (Å²) < 4.78 is 10.7. The number of rotatable bonds is 3. The standard InChI is InChI=1S/C16H14N2O3S2/c1-3-20-16(19)11-8(2)23-14-12(10-5-4-6-22-10)9(7-17)15(18)21-13(11)14/h4-6,12H,3,18H2,1-2H3. The van der Waals surface area contributed by atoms with Gasteiger partial charge < -0.3 is 15.2 Å². The number of ether oxygens (including phenoxy) is 2. The zero-order chi connectivity index (χ0) is 16.6. The van der Waals surface area contributed by atoms with Gasteiger partial charge in [-0.15, -0.1) is 22.7 Å². The molecule has 0 fully saturated rings. The van der Waals surface area contributed by atoms with Crippen molar-refractivity contribution in [3.8, 4) is 11.8 Å². The molecule has 3 rings (SSSR count). The van der Waals surface area contributed by atoms with Gasteiger partial charge in [-0.2, -0.15) is 5.26 Å². The summed E-state index contributed by atoms with van der Waals surface area (Å²) >= 11 is 2.98. The molecule has 3 heterocycles. The van der Waals surface area contributed by atoms with Gasteiger partial charge in [0.05, 0.1) is 17.4 Å². The minimum Gasteiger partial charge on any atom is -0.462 e. The second kappa shape index (κ2) is 6.07. The zero-order valence-corrected chi connectivity index (χ0v) is 14.2. The molecule has 0 amide bonds. The van der Waals surface area contributed by atoms with E-state index >= 15 is 0 Å². The molecular formula is C16H14N2O3S2. The van der Waals surface area contributed by atoms with E-state index in [1.54, 1.807) is 18.3 Å². The number of aryl methyl sites for hydroxylation is 1. The van der Waals surface area contributed by atoms with Crippen LogP contribution in [0, 0.1) is 18.3 Å². The molecule has 0 aromatic carbocycles. The van der Waals surface area contributed by atoms with E-state index in [0.29, 0.717) is 16.9 Å². The van der Waals surface area contributed by atoms with Gasteiger partial charge >= 0.3 is 5.97 Å². The fourth-order valence-corrected chi connectivity index (χ4v) is 4.69. The molecule has 0 saturated heterocycles. The summed E-state index contributed by atoms with van der Waals surface area (Å²) in [6.07, 6.45) is 0. The summed E-state index contributed by atoms with van der Waals surface area (Å²) in [5, 5.41) is 11.4. The second-order valence-corrected chi connectivity index (χ2v) is 7.12. The molecule has 1 aliphatic heterocycles. The molecule has 0 bridgehead atoms. The number of fused-ring (bicyclic) bond motifs is 1. The molecule has 2 N–H and O–H groups in total. The Morgan fingerprint density at radius 3 is 2.96 bits per heavy atom. The number of nitrogens with zero attached hydrogens (tertiary/aromatic N) is 1. The third-order valence-corrected chi connectivity index (χ3v) is 5.61. The first-order valence-corrected chi connectivity index (χ1v) is 8.69. The highest BCUT2D eigenvalue weighted by Gasteiger charge is 2.37. The highest BCUT2D eigenvalue weighted by atomic mass is 32.1. The number of nitriles is 1. The van der Waals surface area contributed by atoms with E-state index < -0.39 is 5.97 Å². The van der Waals surface area contributed by atoms with Crippen molar-refractivity contribution in [1.29, 1.82) is 5.26 Å². The summed E-state index contributed by atoms with van der Waals surface area (Å²) in [6, 6.07) is 6.02. The third kappa shape index (κ3) is 2.50. The van der Waals surface area contributed by atoms with Crippen molar-refractivity contribution < 1.29 is 14.3 Å². The fourth-order valence-electron chi connectivity index (χ4n) is 2.56. The lowest BCUT2D eigenvalue weighted by Gasteiger charge is -2.23. The average Bonchev–Trinajstić information content (AvgIpc) is 3.13. The molecule has 1 aliphatic rings. The number of esters is 1. The fraction of sp³-hybridized carbons (Fsp3) is 0.250. The molecule has 0 saturated carbocycles. The summed E-state index contributed by atoms with van der Waals surface area (Å²) in [5.74, 6) is -0.265. The number of allylic oxidation sites excluding steroid dienone is 1. The van der Waals surface area contributed by atoms with Crippen LogP contribution in [0.1, 0.15) is 37.8 Å². The molecule has 1 atom stereocenters. The Morgan fingerprint density at radius 2 is 2.35 bits per heavy atom. The third-order valence-electron chi connectivity index (χ3n) is 3.52. The van der Waals surface area contributed by atoms with Crippen LogP contribution in [-0.4, -0.2) is 12.6 Å². The molecule has 0 spiro atoms. The summed E-state index contributed by atoms with van der Waals surface area (Å²) in [7, 11) is 0. The molecule has 118 valence electrons. The van der Waals surface area contributed by atoms with Crippen LogP contribution in [0.4, 0.5) is 0 Å². The minimum absolute atomic E-state index is 0.0433. The van der Waals surface area contributed by atoms with E-state index in [4.69, 9.17) is 15.2 Å². The van der Waals surface area contributed by atoms with Gasteiger partial charge in [0.1, 0.15) is 17.2 Å². The van der Waals surface area contributed by atoms with Crippen molar-refractivity contribution in [2.24, 2.45) is 5.73 Å². The number of nitrogens with two attached hydrogens (primary N) is 1. The molecule has 23 heavy (non-hydrogen) atoms. The number of hydrogen-bond acceptors (Lipinski definition) is 7. The highest BCUT2D eigenvalue weighted by molar-refractivity contribution is 7.13. The monoisotopic (exact) mass is 346 g/mol. The molecule has 7 heteroatoms. The van der Waals surface area contributed by atoms with E-state index in [-0.39, 0.29) is 18.4 Å². The lowest BCUT2D eigenvalue weighted by molar-refractivity contribution is 0.0522. The lowest BCUT2D eigenvalue weighted by Crippen LogP contribution is -2.20. The smallest absolute Gasteiger partial charge is 0.343 e. The van der Waals surface area contributed by atoms with Gasteiger partial charge in [0, 0.05) is 9.75 Å². The Morgan fingerprint density at radius 1 is 1.57 bits per heavy atom. The van der Waals surface area contributed by atoms with Crippen LogP contribution >= 0.6 is 22.7 Å². The molecule has 0 radical (unpaired) electrons. The predicted molar refractivity (Wildman–Crippen MR) is 88.6 cm³/mol. The Labute approximate surface area is 141 Å². The van der Waals surface area contributed by atoms with Crippen molar-refractivity contribution in [2.45, 2.75) is 19.8 Å². The maximum Gasteiger partial charge on any atom is 0.343 e. The molecule has 2 aromatic heterocycles. The molecule has 0 aliphatic carbocycles. The Kier molecular flexibility index (Phi) is 4.11. The van der Waals surface area contributed by atoms with Gasteiger partial charge in [-0.05, 0) is 25.3 Å². The van der Waals surface area contributed by atoms with Crippen LogP contribution in [0.2, 0.25) is 0 Å². The van der Waals surface area contributed by atoms with Gasteiger partial charge in [0.15, 0.2) is 5.75 Å². The van der Waals surface area contributed by atoms with Crippen LogP contribution in [0.5, 0.6) is 5.75 Å². The van der Waals surface area contributed by atoms with Crippen LogP contribution in [-0.2, 0) is 4.74 Å². The van der Waals surface area contributed by atoms with Crippen molar-refractivity contribution in [3.05, 3.63) is 49.2 Å².